The highest BCUT2D eigenvalue weighted by atomic mass is 32.2. The minimum Gasteiger partial charge on any atom is -0.286 e. The molecule has 2 aromatic rings. The molecule has 1 heterocycles. The molecule has 0 saturated carbocycles. The van der Waals surface area contributed by atoms with E-state index in [1.165, 1.54) is 0 Å². The average molecular weight is 350 g/mol. The van der Waals surface area contributed by atoms with Gasteiger partial charge >= 0.3 is 0 Å². The lowest BCUT2D eigenvalue weighted by atomic mass is 10.1. The molecule has 24 heavy (non-hydrogen) atoms. The molecule has 2 rings (SSSR count). The normalized spacial score (nSPS) is 13.2. The van der Waals surface area contributed by atoms with Gasteiger partial charge in [-0.1, -0.05) is 32.0 Å². The average Bonchev–Trinajstić information content (AvgIpc) is 2.52. The summed E-state index contributed by atoms with van der Waals surface area (Å²) in [5.74, 6) is -0.304. The SMILES string of the molecule is CC(C)C[C@@H](CS(=O)(=O)Cc1cnc2ccccc2c1)N(O)C=O. The fraction of sp³-hybridized carbons (Fsp3) is 0.412. The van der Waals surface area contributed by atoms with Crippen molar-refractivity contribution in [2.45, 2.75) is 32.1 Å². The van der Waals surface area contributed by atoms with Crippen LogP contribution in [0.4, 0.5) is 0 Å². The first kappa shape index (κ1) is 18.4. The molecular weight excluding hydrogens is 328 g/mol. The van der Waals surface area contributed by atoms with Crippen LogP contribution in [0.2, 0.25) is 0 Å². The molecule has 0 saturated heterocycles. The van der Waals surface area contributed by atoms with Crippen molar-refractivity contribution in [3.05, 3.63) is 42.1 Å². The molecule has 1 aromatic carbocycles. The van der Waals surface area contributed by atoms with Crippen molar-refractivity contribution in [1.29, 1.82) is 0 Å². The molecule has 0 aliphatic carbocycles. The number of pyridine rings is 1. The summed E-state index contributed by atoms with van der Waals surface area (Å²) in [5.41, 5.74) is 1.39. The Morgan fingerprint density at radius 3 is 2.67 bits per heavy atom. The van der Waals surface area contributed by atoms with Crippen LogP contribution >= 0.6 is 0 Å². The number of hydrogen-bond donors (Lipinski definition) is 1. The molecule has 1 aromatic heterocycles. The minimum atomic E-state index is -3.50. The fourth-order valence-corrected chi connectivity index (χ4v) is 4.34. The van der Waals surface area contributed by atoms with E-state index in [0.717, 1.165) is 10.9 Å². The number of fused-ring (bicyclic) bond motifs is 1. The third kappa shape index (κ3) is 5.01. The summed E-state index contributed by atoms with van der Waals surface area (Å²) in [6, 6.07) is 8.53. The lowest BCUT2D eigenvalue weighted by Crippen LogP contribution is -2.38. The Hall–Kier alpha value is -1.99. The summed E-state index contributed by atoms with van der Waals surface area (Å²) in [7, 11) is -3.50. The fourth-order valence-electron chi connectivity index (χ4n) is 2.68. The Morgan fingerprint density at radius 2 is 2.00 bits per heavy atom. The second-order valence-electron chi connectivity index (χ2n) is 6.36. The van der Waals surface area contributed by atoms with Gasteiger partial charge in [0.25, 0.3) is 0 Å². The van der Waals surface area contributed by atoms with E-state index < -0.39 is 15.9 Å². The second-order valence-corrected chi connectivity index (χ2v) is 8.47. The van der Waals surface area contributed by atoms with Gasteiger partial charge in [0.05, 0.1) is 23.1 Å². The van der Waals surface area contributed by atoms with Crippen molar-refractivity contribution < 1.29 is 18.4 Å². The molecule has 0 fully saturated rings. The number of aromatic nitrogens is 1. The molecule has 1 N–H and O–H groups in total. The van der Waals surface area contributed by atoms with E-state index in [1.54, 1.807) is 12.3 Å². The number of benzene rings is 1. The third-order valence-electron chi connectivity index (χ3n) is 3.71. The zero-order chi connectivity index (χ0) is 17.7. The van der Waals surface area contributed by atoms with Crippen LogP contribution in [0.1, 0.15) is 25.8 Å². The molecule has 130 valence electrons. The summed E-state index contributed by atoms with van der Waals surface area (Å²) in [5, 5.41) is 11.0. The maximum absolute atomic E-state index is 12.5. The first-order valence-corrected chi connectivity index (χ1v) is 9.59. The van der Waals surface area contributed by atoms with Crippen LogP contribution in [-0.4, -0.2) is 41.9 Å². The van der Waals surface area contributed by atoms with Crippen molar-refractivity contribution in [3.63, 3.8) is 0 Å². The number of nitrogens with zero attached hydrogens (tertiary/aromatic N) is 2. The highest BCUT2D eigenvalue weighted by molar-refractivity contribution is 7.90. The van der Waals surface area contributed by atoms with E-state index in [1.807, 2.05) is 38.1 Å². The molecule has 0 spiro atoms. The number of amides is 1. The van der Waals surface area contributed by atoms with Gasteiger partial charge in [-0.2, -0.15) is 0 Å². The zero-order valence-corrected chi connectivity index (χ0v) is 14.6. The predicted octanol–water partition coefficient (Wildman–Crippen LogP) is 2.41. The number of sulfone groups is 1. The first-order valence-electron chi connectivity index (χ1n) is 7.77. The molecule has 7 heteroatoms. The van der Waals surface area contributed by atoms with Gasteiger partial charge in [-0.05, 0) is 30.0 Å². The van der Waals surface area contributed by atoms with Gasteiger partial charge in [0.1, 0.15) is 0 Å². The summed E-state index contributed by atoms with van der Waals surface area (Å²) < 4.78 is 24.9. The van der Waals surface area contributed by atoms with Crippen LogP contribution in [-0.2, 0) is 20.4 Å². The van der Waals surface area contributed by atoms with Gasteiger partial charge in [-0.15, -0.1) is 0 Å². The Labute approximate surface area is 142 Å². The Morgan fingerprint density at radius 1 is 1.29 bits per heavy atom. The maximum atomic E-state index is 12.5. The predicted molar refractivity (Wildman–Crippen MR) is 92.2 cm³/mol. The van der Waals surface area contributed by atoms with E-state index >= 15 is 0 Å². The van der Waals surface area contributed by atoms with Crippen molar-refractivity contribution in [2.75, 3.05) is 5.75 Å². The smallest absolute Gasteiger partial charge is 0.233 e. The second kappa shape index (κ2) is 7.72. The molecule has 0 unspecified atom stereocenters. The first-order chi connectivity index (χ1) is 11.3. The minimum absolute atomic E-state index is 0.155. The van der Waals surface area contributed by atoms with E-state index in [2.05, 4.69) is 4.98 Å². The Kier molecular flexibility index (Phi) is 5.90. The summed E-state index contributed by atoms with van der Waals surface area (Å²) >= 11 is 0. The summed E-state index contributed by atoms with van der Waals surface area (Å²) in [6.07, 6.45) is 2.21. The van der Waals surface area contributed by atoms with Crippen molar-refractivity contribution >= 4 is 27.2 Å². The van der Waals surface area contributed by atoms with Crippen LogP contribution < -0.4 is 0 Å². The lowest BCUT2D eigenvalue weighted by Gasteiger charge is -2.24. The highest BCUT2D eigenvalue weighted by Gasteiger charge is 2.25. The molecule has 0 aliphatic rings. The monoisotopic (exact) mass is 350 g/mol. The van der Waals surface area contributed by atoms with Crippen molar-refractivity contribution in [1.82, 2.24) is 10.0 Å². The largest absolute Gasteiger partial charge is 0.286 e. The number of carbonyl (C=O) groups is 1. The third-order valence-corrected chi connectivity index (χ3v) is 5.37. The van der Waals surface area contributed by atoms with Crippen molar-refractivity contribution in [2.24, 2.45) is 5.92 Å². The van der Waals surface area contributed by atoms with Gasteiger partial charge in [-0.25, -0.2) is 13.5 Å². The number of carbonyl (C=O) groups excluding carboxylic acids is 1. The van der Waals surface area contributed by atoms with Crippen LogP contribution in [0, 0.1) is 5.92 Å². The maximum Gasteiger partial charge on any atom is 0.233 e. The van der Waals surface area contributed by atoms with Gasteiger partial charge in [0, 0.05) is 11.6 Å². The van der Waals surface area contributed by atoms with Gasteiger partial charge in [-0.3, -0.25) is 15.0 Å². The van der Waals surface area contributed by atoms with E-state index in [9.17, 15) is 18.4 Å². The Balaban J connectivity index is 2.17. The van der Waals surface area contributed by atoms with E-state index in [-0.39, 0.29) is 23.8 Å². The van der Waals surface area contributed by atoms with Crippen LogP contribution in [0.5, 0.6) is 0 Å². The standard InChI is InChI=1S/C17H22N2O4S/c1-13(2)7-16(19(21)12-20)11-24(22,23)10-14-8-15-5-3-4-6-17(15)18-9-14/h3-6,8-9,12-13,16,21H,7,10-11H2,1-2H3/t16-/m0/s1. The number of hydroxylamine groups is 2. The van der Waals surface area contributed by atoms with Gasteiger partial charge in [0.2, 0.25) is 6.41 Å². The highest BCUT2D eigenvalue weighted by Crippen LogP contribution is 2.17. The lowest BCUT2D eigenvalue weighted by molar-refractivity contribution is -0.159. The zero-order valence-electron chi connectivity index (χ0n) is 13.8. The molecule has 0 aliphatic heterocycles. The summed E-state index contributed by atoms with van der Waals surface area (Å²) in [6.45, 7) is 3.82. The van der Waals surface area contributed by atoms with E-state index in [4.69, 9.17) is 0 Å². The molecule has 0 bridgehead atoms. The van der Waals surface area contributed by atoms with Gasteiger partial charge < -0.3 is 0 Å². The number of para-hydroxylation sites is 1. The number of hydrogen-bond acceptors (Lipinski definition) is 5. The Bertz CT molecular complexity index is 805. The van der Waals surface area contributed by atoms with Crippen molar-refractivity contribution in [3.8, 4) is 0 Å². The van der Waals surface area contributed by atoms with E-state index in [0.29, 0.717) is 17.0 Å². The molecular formula is C17H22N2O4S. The van der Waals surface area contributed by atoms with Crippen LogP contribution in [0.3, 0.4) is 0 Å². The van der Waals surface area contributed by atoms with Crippen LogP contribution in [0.15, 0.2) is 36.5 Å². The molecule has 1 amide bonds. The summed E-state index contributed by atoms with van der Waals surface area (Å²) in [4.78, 5) is 15.1. The quantitative estimate of drug-likeness (QED) is 0.449. The van der Waals surface area contributed by atoms with Crippen LogP contribution in [0.25, 0.3) is 10.9 Å². The molecule has 1 atom stereocenters. The van der Waals surface area contributed by atoms with Gasteiger partial charge in [0.15, 0.2) is 9.84 Å². The topological polar surface area (TPSA) is 87.6 Å². The molecule has 6 nitrogen and oxygen atoms in total. The number of rotatable bonds is 8. The molecule has 0 radical (unpaired) electrons.